The van der Waals surface area contributed by atoms with E-state index < -0.39 is 6.10 Å². The average molecular weight is 415 g/mol. The number of hydrogen-bond acceptors (Lipinski definition) is 4. The van der Waals surface area contributed by atoms with Gasteiger partial charge in [0, 0.05) is 7.11 Å². The van der Waals surface area contributed by atoms with Gasteiger partial charge in [-0.05, 0) is 65.0 Å². The maximum atomic E-state index is 10.7. The Kier molecular flexibility index (Phi) is 9.16. The Morgan fingerprint density at radius 3 is 2.55 bits per heavy atom. The lowest BCUT2D eigenvalue weighted by atomic mass is 9.93. The molecule has 4 nitrogen and oxygen atoms in total. The minimum atomic E-state index is -0.785. The highest BCUT2D eigenvalue weighted by Crippen LogP contribution is 2.30. The third-order valence-electron chi connectivity index (χ3n) is 4.54. The summed E-state index contributed by atoms with van der Waals surface area (Å²) in [5.41, 5.74) is 4.03. The number of aliphatic hydroxyl groups excluding tert-OH is 2. The molecule has 0 aliphatic carbocycles. The van der Waals surface area contributed by atoms with Crippen LogP contribution in [-0.4, -0.2) is 41.7 Å². The summed E-state index contributed by atoms with van der Waals surface area (Å²) in [6.07, 6.45) is 3.75. The van der Waals surface area contributed by atoms with Crippen molar-refractivity contribution in [1.29, 1.82) is 0 Å². The van der Waals surface area contributed by atoms with Gasteiger partial charge in [-0.15, -0.1) is 0 Å². The molecule has 0 heterocycles. The predicted molar refractivity (Wildman–Crippen MR) is 119 cm³/mol. The number of allylic oxidation sites excluding steroid dienone is 1. The van der Waals surface area contributed by atoms with E-state index in [0.717, 1.165) is 16.7 Å². The summed E-state index contributed by atoms with van der Waals surface area (Å²) in [5, 5.41) is 30.0. The topological polar surface area (TPSA) is 69.9 Å². The van der Waals surface area contributed by atoms with Crippen LogP contribution in [0.25, 0.3) is 11.6 Å². The Balaban J connectivity index is 2.28. The van der Waals surface area contributed by atoms with Crippen LogP contribution in [0.15, 0.2) is 72.3 Å². The molecule has 1 unspecified atom stereocenters. The first-order valence-electron chi connectivity index (χ1n) is 9.36. The quantitative estimate of drug-likeness (QED) is 0.384. The Bertz CT molecular complexity index is 872. The zero-order valence-corrected chi connectivity index (χ0v) is 17.3. The third-order valence-corrected chi connectivity index (χ3v) is 4.87. The highest BCUT2D eigenvalue weighted by atomic mass is 35.5. The molecule has 29 heavy (non-hydrogen) atoms. The van der Waals surface area contributed by atoms with E-state index in [1.165, 1.54) is 6.07 Å². The van der Waals surface area contributed by atoms with E-state index in [9.17, 15) is 15.3 Å². The van der Waals surface area contributed by atoms with Crippen molar-refractivity contribution in [1.82, 2.24) is 0 Å². The number of ether oxygens (including phenoxy) is 1. The van der Waals surface area contributed by atoms with Gasteiger partial charge in [-0.3, -0.25) is 0 Å². The molecule has 0 aromatic heterocycles. The Morgan fingerprint density at radius 2 is 1.93 bits per heavy atom. The fraction of sp³-hybridized carbons (Fsp3) is 0.250. The fourth-order valence-corrected chi connectivity index (χ4v) is 3.32. The highest BCUT2D eigenvalue weighted by Gasteiger charge is 2.15. The summed E-state index contributed by atoms with van der Waals surface area (Å²) in [6, 6.07) is 14.7. The van der Waals surface area contributed by atoms with Crippen LogP contribution in [0.1, 0.15) is 24.0 Å². The van der Waals surface area contributed by atoms with Crippen molar-refractivity contribution < 1.29 is 20.1 Å². The lowest BCUT2D eigenvalue weighted by Crippen LogP contribution is -2.15. The molecule has 2 aromatic rings. The molecule has 3 N–H and O–H groups in total. The van der Waals surface area contributed by atoms with Crippen LogP contribution < -0.4 is 0 Å². The monoisotopic (exact) mass is 414 g/mol. The smallest absolute Gasteiger partial charge is 0.117 e. The number of aromatic hydroxyl groups is 1. The van der Waals surface area contributed by atoms with E-state index in [1.54, 1.807) is 25.3 Å². The van der Waals surface area contributed by atoms with Crippen molar-refractivity contribution in [2.24, 2.45) is 0 Å². The molecular formula is C24H27ClO4. The van der Waals surface area contributed by atoms with Gasteiger partial charge < -0.3 is 20.1 Å². The Labute approximate surface area is 177 Å². The summed E-state index contributed by atoms with van der Waals surface area (Å²) in [7, 11) is 1.56. The van der Waals surface area contributed by atoms with Gasteiger partial charge in [0.25, 0.3) is 0 Å². The normalized spacial score (nSPS) is 13.4. The first-order valence-corrected chi connectivity index (χ1v) is 9.74. The lowest BCUT2D eigenvalue weighted by Gasteiger charge is -2.18. The first-order chi connectivity index (χ1) is 14.0. The number of rotatable bonds is 10. The van der Waals surface area contributed by atoms with Crippen LogP contribution in [0.3, 0.4) is 0 Å². The first kappa shape index (κ1) is 22.9. The zero-order chi connectivity index (χ0) is 21.2. The van der Waals surface area contributed by atoms with E-state index >= 15 is 0 Å². The molecule has 2 rings (SSSR count). The number of halogens is 1. The summed E-state index contributed by atoms with van der Waals surface area (Å²) in [6.45, 7) is 4.04. The maximum absolute atomic E-state index is 10.7. The van der Waals surface area contributed by atoms with Crippen LogP contribution in [0.4, 0.5) is 0 Å². The van der Waals surface area contributed by atoms with E-state index in [0.29, 0.717) is 29.0 Å². The fourth-order valence-electron chi connectivity index (χ4n) is 3.09. The molecule has 154 valence electrons. The van der Waals surface area contributed by atoms with E-state index in [1.807, 2.05) is 36.4 Å². The van der Waals surface area contributed by atoms with Crippen molar-refractivity contribution in [3.8, 4) is 5.75 Å². The molecule has 0 fully saturated rings. The number of benzene rings is 2. The van der Waals surface area contributed by atoms with Gasteiger partial charge in [0.15, 0.2) is 0 Å². The SMILES string of the molecule is C=C(COC)/C(=C/CO)C(O)CC/C(=C/c1ccc(O)cc1Cl)c1ccccc1. The van der Waals surface area contributed by atoms with Gasteiger partial charge in [0.2, 0.25) is 0 Å². The van der Waals surface area contributed by atoms with Crippen molar-refractivity contribution in [3.63, 3.8) is 0 Å². The Morgan fingerprint density at radius 1 is 1.21 bits per heavy atom. The van der Waals surface area contributed by atoms with Gasteiger partial charge >= 0.3 is 0 Å². The second kappa shape index (κ2) is 11.6. The van der Waals surface area contributed by atoms with Gasteiger partial charge in [-0.1, -0.05) is 54.6 Å². The van der Waals surface area contributed by atoms with Crippen molar-refractivity contribution >= 4 is 23.3 Å². The second-order valence-corrected chi connectivity index (χ2v) is 7.08. The standard InChI is InChI=1S/C24H27ClO4/c1-17(16-29-2)22(12-13-26)24(28)11-9-19(18-6-4-3-5-7-18)14-20-8-10-21(27)15-23(20)25/h3-8,10,12,14-15,24,26-28H,1,9,11,13,16H2,2H3/b19-14-,22-12-. The van der Waals surface area contributed by atoms with Crippen LogP contribution in [0, 0.1) is 0 Å². The minimum Gasteiger partial charge on any atom is -0.508 e. The molecule has 0 spiro atoms. The molecule has 0 bridgehead atoms. The Hall–Kier alpha value is -2.37. The second-order valence-electron chi connectivity index (χ2n) is 6.67. The molecule has 0 saturated carbocycles. The summed E-state index contributed by atoms with van der Waals surface area (Å²) in [5.74, 6) is 0.110. The number of phenolic OH excluding ortho intramolecular Hbond substituents is 1. The molecule has 0 amide bonds. The third kappa shape index (κ3) is 6.87. The molecule has 0 radical (unpaired) electrons. The summed E-state index contributed by atoms with van der Waals surface area (Å²) in [4.78, 5) is 0. The van der Waals surface area contributed by atoms with E-state index in [4.69, 9.17) is 16.3 Å². The molecule has 1 atom stereocenters. The van der Waals surface area contributed by atoms with Crippen molar-refractivity contribution in [2.75, 3.05) is 20.3 Å². The van der Waals surface area contributed by atoms with Gasteiger partial charge in [0.05, 0.1) is 24.3 Å². The minimum absolute atomic E-state index is 0.110. The largest absolute Gasteiger partial charge is 0.508 e. The summed E-state index contributed by atoms with van der Waals surface area (Å²) < 4.78 is 5.10. The molecule has 0 aliphatic heterocycles. The van der Waals surface area contributed by atoms with Gasteiger partial charge in [-0.2, -0.15) is 0 Å². The van der Waals surface area contributed by atoms with Gasteiger partial charge in [-0.25, -0.2) is 0 Å². The molecule has 5 heteroatoms. The molecular weight excluding hydrogens is 388 g/mol. The highest BCUT2D eigenvalue weighted by molar-refractivity contribution is 6.32. The van der Waals surface area contributed by atoms with Crippen molar-refractivity contribution in [2.45, 2.75) is 18.9 Å². The zero-order valence-electron chi connectivity index (χ0n) is 16.5. The van der Waals surface area contributed by atoms with Crippen LogP contribution >= 0.6 is 11.6 Å². The lowest BCUT2D eigenvalue weighted by molar-refractivity contribution is 0.191. The molecule has 0 saturated heterocycles. The molecule has 0 aliphatic rings. The van der Waals surface area contributed by atoms with Crippen LogP contribution in [0.2, 0.25) is 5.02 Å². The average Bonchev–Trinajstić information content (AvgIpc) is 2.71. The number of hydrogen-bond donors (Lipinski definition) is 3. The number of aliphatic hydroxyl groups is 2. The summed E-state index contributed by atoms with van der Waals surface area (Å²) >= 11 is 6.28. The van der Waals surface area contributed by atoms with Gasteiger partial charge in [0.1, 0.15) is 5.75 Å². The van der Waals surface area contributed by atoms with Crippen molar-refractivity contribution in [3.05, 3.63) is 88.5 Å². The molecule has 2 aromatic carbocycles. The number of methoxy groups -OCH3 is 1. The predicted octanol–water partition coefficient (Wildman–Crippen LogP) is 4.85. The van der Waals surface area contributed by atoms with Crippen LogP contribution in [-0.2, 0) is 4.74 Å². The maximum Gasteiger partial charge on any atom is 0.117 e. The van der Waals surface area contributed by atoms with E-state index in [-0.39, 0.29) is 19.0 Å². The van der Waals surface area contributed by atoms with E-state index in [2.05, 4.69) is 6.58 Å². The van der Waals surface area contributed by atoms with Crippen LogP contribution in [0.5, 0.6) is 5.75 Å². The number of phenols is 1.